The number of carbonyl (C=O) groups is 1. The Labute approximate surface area is 161 Å². The highest BCUT2D eigenvalue weighted by Gasteiger charge is 2.35. The van der Waals surface area contributed by atoms with Gasteiger partial charge in [-0.2, -0.15) is 21.6 Å². The number of nitrogens with one attached hydrogen (secondary N) is 1. The number of nitrogens with zero attached hydrogens (tertiary/aromatic N) is 2. The molecule has 1 amide bonds. The molecule has 0 saturated heterocycles. The Hall–Kier alpha value is -2.73. The largest absolute Gasteiger partial charge is 0.419 e. The van der Waals surface area contributed by atoms with Crippen molar-refractivity contribution in [3.05, 3.63) is 63.7 Å². The second-order valence-corrected chi connectivity index (χ2v) is 8.15. The molecule has 0 spiro atoms. The summed E-state index contributed by atoms with van der Waals surface area (Å²) in [7, 11) is -3.12. The topological polar surface area (TPSA) is 78.8 Å². The number of rotatable bonds is 3. The van der Waals surface area contributed by atoms with Gasteiger partial charge in [-0.25, -0.2) is 8.70 Å². The fourth-order valence-corrected chi connectivity index (χ4v) is 3.97. The van der Waals surface area contributed by atoms with E-state index in [1.807, 2.05) is 0 Å². The third-order valence-electron chi connectivity index (χ3n) is 3.71. The zero-order chi connectivity index (χ0) is 20.7. The van der Waals surface area contributed by atoms with Gasteiger partial charge in [0.15, 0.2) is 0 Å². The van der Waals surface area contributed by atoms with Crippen molar-refractivity contribution in [2.24, 2.45) is 4.40 Å². The highest BCUT2D eigenvalue weighted by molar-refractivity contribution is 7.88. The molecule has 0 fully saturated rings. The number of benzene rings is 1. The van der Waals surface area contributed by atoms with E-state index in [0.29, 0.717) is 21.3 Å². The highest BCUT2D eigenvalue weighted by atomic mass is 32.2. The Kier molecular flexibility index (Phi) is 5.02. The number of halogens is 4. The van der Waals surface area contributed by atoms with E-state index in [1.54, 1.807) is 17.5 Å². The summed E-state index contributed by atoms with van der Waals surface area (Å²) in [6.07, 6.45) is -3.75. The summed E-state index contributed by atoms with van der Waals surface area (Å²) in [4.78, 5) is 13.0. The lowest BCUT2D eigenvalue weighted by molar-refractivity contribution is -0.140. The molecule has 28 heavy (non-hydrogen) atoms. The Morgan fingerprint density at radius 3 is 2.57 bits per heavy atom. The maximum absolute atomic E-state index is 13.4. The van der Waals surface area contributed by atoms with Crippen molar-refractivity contribution < 1.29 is 30.8 Å². The summed E-state index contributed by atoms with van der Waals surface area (Å²) in [6, 6.07) is 5.20. The summed E-state index contributed by atoms with van der Waals surface area (Å²) >= 11 is 1.20. The summed E-state index contributed by atoms with van der Waals surface area (Å²) in [6.45, 7) is 0. The van der Waals surface area contributed by atoms with Crippen LogP contribution in [0.2, 0.25) is 0 Å². The van der Waals surface area contributed by atoms with E-state index in [4.69, 9.17) is 0 Å². The number of thiophene rings is 1. The summed E-state index contributed by atoms with van der Waals surface area (Å²) in [5.74, 6) is -2.48. The van der Waals surface area contributed by atoms with Crippen LogP contribution < -0.4 is 5.32 Å². The first-order valence-electron chi connectivity index (χ1n) is 7.51. The van der Waals surface area contributed by atoms with E-state index in [9.17, 15) is 30.8 Å². The Morgan fingerprint density at radius 2 is 1.96 bits per heavy atom. The smallest absolute Gasteiger partial charge is 0.321 e. The highest BCUT2D eigenvalue weighted by Crippen LogP contribution is 2.33. The van der Waals surface area contributed by atoms with E-state index in [1.165, 1.54) is 17.4 Å². The second kappa shape index (κ2) is 7.02. The Morgan fingerprint density at radius 1 is 1.25 bits per heavy atom. The number of amides is 1. The van der Waals surface area contributed by atoms with Gasteiger partial charge < -0.3 is 5.32 Å². The van der Waals surface area contributed by atoms with Gasteiger partial charge in [-0.15, -0.1) is 15.7 Å². The molecule has 0 radical (unpaired) electrons. The molecule has 0 saturated carbocycles. The van der Waals surface area contributed by atoms with Gasteiger partial charge in [-0.1, -0.05) is 6.07 Å². The van der Waals surface area contributed by atoms with Crippen LogP contribution in [-0.2, 0) is 21.2 Å². The van der Waals surface area contributed by atoms with Gasteiger partial charge >= 0.3 is 16.4 Å². The molecule has 1 aromatic heterocycles. The maximum Gasteiger partial charge on any atom is 0.419 e. The summed E-state index contributed by atoms with van der Waals surface area (Å²) in [5.41, 5.74) is -2.22. The molecular weight excluding hydrogens is 422 g/mol. The third-order valence-corrected chi connectivity index (χ3v) is 5.92. The first-order chi connectivity index (χ1) is 13.0. The zero-order valence-electron chi connectivity index (χ0n) is 14.0. The summed E-state index contributed by atoms with van der Waals surface area (Å²) in [5, 5.41) is 3.84. The molecule has 0 unspecified atom stereocenters. The molecular formula is C16H11F4N3O3S2. The van der Waals surface area contributed by atoms with Gasteiger partial charge in [-0.3, -0.25) is 4.79 Å². The van der Waals surface area contributed by atoms with Crippen molar-refractivity contribution in [1.29, 1.82) is 0 Å². The van der Waals surface area contributed by atoms with Crippen LogP contribution in [0.25, 0.3) is 0 Å². The van der Waals surface area contributed by atoms with Crippen LogP contribution in [0.5, 0.6) is 0 Å². The molecule has 12 heteroatoms. The number of alkyl halides is 3. The second-order valence-electron chi connectivity index (χ2n) is 5.58. The molecule has 0 aliphatic carbocycles. The fourth-order valence-electron chi connectivity index (χ4n) is 2.32. The SMILES string of the molecule is CN1C(C(=O)Nc2ccc(F)c(C(F)(F)F)c2)=CC(c2cccs2)=NS1(=O)=O. The molecule has 6 nitrogen and oxygen atoms in total. The minimum atomic E-state index is -4.95. The number of carbonyl (C=O) groups excluding carboxylic acids is 1. The van der Waals surface area contributed by atoms with Gasteiger partial charge in [0.2, 0.25) is 0 Å². The molecule has 2 aromatic rings. The molecule has 0 bridgehead atoms. The van der Waals surface area contributed by atoms with Crippen LogP contribution >= 0.6 is 11.3 Å². The lowest BCUT2D eigenvalue weighted by Crippen LogP contribution is -2.35. The number of anilines is 1. The van der Waals surface area contributed by atoms with Crippen LogP contribution in [0.4, 0.5) is 23.2 Å². The number of hydrogen-bond acceptors (Lipinski definition) is 4. The van der Waals surface area contributed by atoms with Crippen LogP contribution in [-0.4, -0.2) is 31.4 Å². The standard InChI is InChI=1S/C16H11F4N3O3S2/c1-23-13(8-12(22-28(23,25)26)14-3-2-6-27-14)15(24)21-9-4-5-11(17)10(7-9)16(18,19)20/h2-8H,1H3,(H,21,24). The number of allylic oxidation sites excluding steroid dienone is 1. The minimum absolute atomic E-state index is 0.0216. The molecule has 148 valence electrons. The number of likely N-dealkylation sites (N-methyl/N-ethyl adjacent to an activating group) is 1. The minimum Gasteiger partial charge on any atom is -0.321 e. The summed E-state index contributed by atoms with van der Waals surface area (Å²) < 4.78 is 80.5. The quantitative estimate of drug-likeness (QED) is 0.754. The van der Waals surface area contributed by atoms with Crippen LogP contribution in [0.1, 0.15) is 10.4 Å². The van der Waals surface area contributed by atoms with E-state index < -0.39 is 33.7 Å². The predicted molar refractivity (Wildman–Crippen MR) is 95.7 cm³/mol. The van der Waals surface area contributed by atoms with Crippen molar-refractivity contribution >= 4 is 38.9 Å². The van der Waals surface area contributed by atoms with Crippen molar-refractivity contribution in [2.75, 3.05) is 12.4 Å². The molecule has 3 rings (SSSR count). The first-order valence-corrected chi connectivity index (χ1v) is 9.79. The monoisotopic (exact) mass is 433 g/mol. The van der Waals surface area contributed by atoms with Gasteiger partial charge in [0.25, 0.3) is 5.91 Å². The lowest BCUT2D eigenvalue weighted by atomic mass is 10.1. The predicted octanol–water partition coefficient (Wildman–Crippen LogP) is 3.41. The lowest BCUT2D eigenvalue weighted by Gasteiger charge is -2.23. The molecule has 1 aliphatic rings. The van der Waals surface area contributed by atoms with Crippen LogP contribution in [0.15, 0.2) is 51.9 Å². The molecule has 1 aliphatic heterocycles. The van der Waals surface area contributed by atoms with Crippen LogP contribution in [0.3, 0.4) is 0 Å². The van der Waals surface area contributed by atoms with Crippen molar-refractivity contribution in [2.45, 2.75) is 6.18 Å². The van der Waals surface area contributed by atoms with Crippen molar-refractivity contribution in [1.82, 2.24) is 4.31 Å². The van der Waals surface area contributed by atoms with E-state index in [2.05, 4.69) is 9.71 Å². The van der Waals surface area contributed by atoms with E-state index in [-0.39, 0.29) is 17.1 Å². The van der Waals surface area contributed by atoms with Crippen molar-refractivity contribution in [3.63, 3.8) is 0 Å². The number of hydrogen-bond donors (Lipinski definition) is 1. The molecule has 2 heterocycles. The third kappa shape index (κ3) is 3.92. The fraction of sp³-hybridized carbons (Fsp3) is 0.125. The van der Waals surface area contributed by atoms with Gasteiger partial charge in [-0.05, 0) is 35.7 Å². The Bertz CT molecular complexity index is 1090. The van der Waals surface area contributed by atoms with Gasteiger partial charge in [0, 0.05) is 12.7 Å². The average molecular weight is 433 g/mol. The molecule has 1 aromatic carbocycles. The molecule has 0 atom stereocenters. The molecule has 1 N–H and O–H groups in total. The normalized spacial score (nSPS) is 16.4. The Balaban J connectivity index is 1.95. The maximum atomic E-state index is 13.4. The van der Waals surface area contributed by atoms with Crippen molar-refractivity contribution in [3.8, 4) is 0 Å². The van der Waals surface area contributed by atoms with Gasteiger partial charge in [0.1, 0.15) is 11.5 Å². The van der Waals surface area contributed by atoms with E-state index in [0.717, 1.165) is 13.1 Å². The van der Waals surface area contributed by atoms with Crippen LogP contribution in [0, 0.1) is 5.82 Å². The van der Waals surface area contributed by atoms with E-state index >= 15 is 0 Å². The van der Waals surface area contributed by atoms with Gasteiger partial charge in [0.05, 0.1) is 16.2 Å². The zero-order valence-corrected chi connectivity index (χ0v) is 15.6. The first kappa shape index (κ1) is 20.0. The average Bonchev–Trinajstić information content (AvgIpc) is 3.12.